The number of nitro groups is 1. The number of ether oxygens (including phenoxy) is 2. The molecule has 6 fully saturated rings. The van der Waals surface area contributed by atoms with E-state index in [9.17, 15) is 62.9 Å². The van der Waals surface area contributed by atoms with Gasteiger partial charge in [-0.15, -0.1) is 0 Å². The molecule has 11 rings (SSSR count). The minimum Gasteiger partial charge on any atom is -0.497 e. The van der Waals surface area contributed by atoms with Gasteiger partial charge in [0.1, 0.15) is 17.2 Å². The van der Waals surface area contributed by atoms with Crippen LogP contribution in [-0.2, 0) is 42.5 Å². The van der Waals surface area contributed by atoms with E-state index in [0.717, 1.165) is 89.7 Å². The van der Waals surface area contributed by atoms with Gasteiger partial charge in [-0.2, -0.15) is 52.6 Å². The van der Waals surface area contributed by atoms with Crippen molar-refractivity contribution in [3.05, 3.63) is 153 Å². The number of carbonyl (C=O) groups is 2. The van der Waals surface area contributed by atoms with Gasteiger partial charge >= 0.3 is 22.7 Å². The number of carbonyl (C=O) groups excluding carboxylic acids is 2. The summed E-state index contributed by atoms with van der Waals surface area (Å²) in [7, 11) is -4.85. The molecule has 0 saturated carbocycles. The van der Waals surface area contributed by atoms with E-state index in [1.165, 1.54) is 18.2 Å². The van der Waals surface area contributed by atoms with E-state index in [1.807, 2.05) is 63.5 Å². The first-order chi connectivity index (χ1) is 47.6. The van der Waals surface area contributed by atoms with Crippen LogP contribution in [0.25, 0.3) is 0 Å². The third-order valence-corrected chi connectivity index (χ3v) is 22.0. The number of nitrogens with two attached hydrogens (primary N) is 2. The number of hydrogen-bond donors (Lipinski definition) is 2. The summed E-state index contributed by atoms with van der Waals surface area (Å²) in [4.78, 5) is 48.7. The Hall–Kier alpha value is -7.42. The number of piperidine rings is 3. The Balaban J connectivity index is 0.000000200. The highest BCUT2D eigenvalue weighted by atomic mass is 32.2. The number of halogens is 8. The molecular weight excluding hydrogens is 1380 g/mol. The van der Waals surface area contributed by atoms with Crippen molar-refractivity contribution in [2.75, 3.05) is 116 Å². The second-order valence-corrected chi connectivity index (χ2v) is 31.7. The fourth-order valence-corrected chi connectivity index (χ4v) is 15.6. The Morgan fingerprint density at radius 2 is 0.882 bits per heavy atom. The predicted molar refractivity (Wildman–Crippen MR) is 372 cm³/mol. The van der Waals surface area contributed by atoms with Crippen LogP contribution in [0.5, 0.6) is 17.2 Å². The summed E-state index contributed by atoms with van der Waals surface area (Å²) in [6.45, 7) is 16.1. The molecule has 4 atom stereocenters. The molecule has 0 spiro atoms. The monoisotopic (exact) mass is 1480 g/mol. The van der Waals surface area contributed by atoms with Crippen LogP contribution in [0.1, 0.15) is 144 Å². The summed E-state index contributed by atoms with van der Waals surface area (Å²) in [5.74, 6) is -1.26. The standard InChI is InChI=1S/C33H43F4N3O2.C32H43F4N5O4S.C6H6N2O5S/c1-31(2,3)40-21-28(24-8-11-26(42-4)12-9-24)32(34,22-40)30(41)39-18-14-23(15-19-39)27-13-10-25(33(35,36)37)20-29(27)38-16-6-5-7-17-38;1-30(2,3)40-20-27(23-5-8-25(45-4)9-6-23)31(33,21-40)29(42)39-13-11-22(12-14-39)26-10-7-24(32(34,35)36)19-28(26)38-15-17-41(18-16-38)46(37,43)44;7-14(11,12)13-6-3-1-5(2-4-6)8(9)10/h8-13,20,23,28H,5-7,14-19,21-22H2,1-4H3;5-10,19,22,27H,11-18,20-21H2,1-4H3,(H2,37,43,44);1-4H,(H2,7,11,12)/t28-,32-;27-,31-;/m00./s1. The summed E-state index contributed by atoms with van der Waals surface area (Å²) in [5, 5.41) is 20.1. The molecule has 0 aromatic heterocycles. The zero-order valence-electron chi connectivity index (χ0n) is 58.6. The number of anilines is 2. The van der Waals surface area contributed by atoms with Gasteiger partial charge in [-0.3, -0.25) is 29.5 Å². The van der Waals surface area contributed by atoms with Crippen LogP contribution in [0.4, 0.5) is 52.2 Å². The van der Waals surface area contributed by atoms with Gasteiger partial charge < -0.3 is 33.3 Å². The van der Waals surface area contributed by atoms with Gasteiger partial charge in [0, 0.05) is 138 Å². The molecule has 560 valence electrons. The van der Waals surface area contributed by atoms with Crippen LogP contribution in [0, 0.1) is 10.1 Å². The highest BCUT2D eigenvalue weighted by Crippen LogP contribution is 2.48. The van der Waals surface area contributed by atoms with Crippen molar-refractivity contribution >= 4 is 49.4 Å². The summed E-state index contributed by atoms with van der Waals surface area (Å²) in [6.07, 6.45) is -3.87. The summed E-state index contributed by atoms with van der Waals surface area (Å²) >= 11 is 0. The van der Waals surface area contributed by atoms with E-state index in [0.29, 0.717) is 80.3 Å². The average molecular weight is 1480 g/mol. The molecule has 5 aromatic carbocycles. The van der Waals surface area contributed by atoms with Crippen LogP contribution in [0.15, 0.2) is 109 Å². The minimum atomic E-state index is -4.55. The number of amides is 2. The van der Waals surface area contributed by atoms with Gasteiger partial charge in [0.15, 0.2) is 0 Å². The van der Waals surface area contributed by atoms with Gasteiger partial charge in [0.25, 0.3) is 27.7 Å². The zero-order chi connectivity index (χ0) is 74.7. The van der Waals surface area contributed by atoms with Crippen molar-refractivity contribution in [1.82, 2.24) is 23.9 Å². The molecule has 5 aromatic rings. The summed E-state index contributed by atoms with van der Waals surface area (Å²) in [6, 6.07) is 26.7. The molecule has 2 amide bonds. The number of rotatable bonds is 14. The van der Waals surface area contributed by atoms with Crippen LogP contribution < -0.4 is 33.7 Å². The molecule has 0 bridgehead atoms. The quantitative estimate of drug-likeness (QED) is 0.0596. The zero-order valence-corrected chi connectivity index (χ0v) is 60.2. The number of piperazine rings is 1. The van der Waals surface area contributed by atoms with Gasteiger partial charge in [-0.25, -0.2) is 13.9 Å². The number of methoxy groups -OCH3 is 2. The van der Waals surface area contributed by atoms with Gasteiger partial charge in [0.2, 0.25) is 11.3 Å². The largest absolute Gasteiger partial charge is 0.497 e. The highest BCUT2D eigenvalue weighted by molar-refractivity contribution is 7.86. The van der Waals surface area contributed by atoms with Crippen molar-refractivity contribution in [2.45, 2.75) is 145 Å². The molecule has 0 aliphatic carbocycles. The number of alkyl halides is 8. The predicted octanol–water partition coefficient (Wildman–Crippen LogP) is 11.5. The highest BCUT2D eigenvalue weighted by Gasteiger charge is 2.59. The van der Waals surface area contributed by atoms with E-state index in [2.05, 4.69) is 14.2 Å². The van der Waals surface area contributed by atoms with Gasteiger partial charge in [-0.1, -0.05) is 36.4 Å². The number of non-ortho nitro benzene ring substituents is 1. The van der Waals surface area contributed by atoms with Crippen LogP contribution in [-0.4, -0.2) is 186 Å². The molecule has 6 aliphatic heterocycles. The topological polar surface area (TPSA) is 248 Å². The molecule has 0 unspecified atom stereocenters. The molecule has 0 radical (unpaired) electrons. The smallest absolute Gasteiger partial charge is 0.416 e. The van der Waals surface area contributed by atoms with Crippen molar-refractivity contribution in [3.63, 3.8) is 0 Å². The number of nitro benzene ring substituents is 1. The maximum absolute atomic E-state index is 17.2. The fraction of sp³-hybridized carbons (Fsp3) is 0.549. The van der Waals surface area contributed by atoms with Crippen molar-refractivity contribution in [3.8, 4) is 17.2 Å². The first-order valence-electron chi connectivity index (χ1n) is 34.0. The average Bonchev–Trinajstić information content (AvgIpc) is 1.57. The Bertz CT molecular complexity index is 3970. The van der Waals surface area contributed by atoms with E-state index >= 15 is 8.78 Å². The Morgan fingerprint density at radius 1 is 0.520 bits per heavy atom. The van der Waals surface area contributed by atoms with Crippen LogP contribution in [0.3, 0.4) is 0 Å². The number of likely N-dealkylation sites (tertiary alicyclic amines) is 4. The third kappa shape index (κ3) is 18.7. The molecule has 6 heterocycles. The molecular formula is C71H92F8N10O11S2. The van der Waals surface area contributed by atoms with Crippen molar-refractivity contribution in [2.24, 2.45) is 10.3 Å². The lowest BCUT2D eigenvalue weighted by atomic mass is 9.83. The van der Waals surface area contributed by atoms with E-state index in [4.69, 9.17) is 14.6 Å². The summed E-state index contributed by atoms with van der Waals surface area (Å²) < 4.78 is 177. The Kier molecular flexibility index (Phi) is 24.0. The normalized spacial score (nSPS) is 22.7. The Labute approximate surface area is 591 Å². The molecule has 6 saturated heterocycles. The fourth-order valence-electron chi connectivity index (χ4n) is 14.6. The van der Waals surface area contributed by atoms with Crippen molar-refractivity contribution < 1.29 is 80.1 Å². The van der Waals surface area contributed by atoms with Gasteiger partial charge in [0.05, 0.1) is 30.3 Å². The van der Waals surface area contributed by atoms with Crippen LogP contribution >= 0.6 is 0 Å². The number of hydrogen-bond acceptors (Lipinski definition) is 15. The molecule has 102 heavy (non-hydrogen) atoms. The van der Waals surface area contributed by atoms with Crippen molar-refractivity contribution in [1.29, 1.82) is 0 Å². The van der Waals surface area contributed by atoms with E-state index < -0.39 is 83.9 Å². The first kappa shape index (κ1) is 78.7. The SMILES string of the molecule is COc1ccc([C@@H]2CN(C(C)(C)C)C[C@@]2(F)C(=O)N2CCC(c3ccc(C(F)(F)F)cc3N3CCCCC3)CC2)cc1.COc1ccc([C@@H]2CN(C(C)(C)C)C[C@@]2(F)C(=O)N2CCC(c3ccc(C(F)(F)F)cc3N3CCN(S(N)(=O)=O)CC3)CC2)cc1.NS(=O)(=O)Oc1ccc([N+](=O)[O-])cc1. The lowest BCUT2D eigenvalue weighted by molar-refractivity contribution is -0.384. The lowest BCUT2D eigenvalue weighted by Gasteiger charge is -2.40. The second-order valence-electron chi connectivity index (χ2n) is 29.0. The number of benzene rings is 5. The number of nitrogens with zero attached hydrogens (tertiary/aromatic N) is 8. The minimum absolute atomic E-state index is 0.0101. The maximum Gasteiger partial charge on any atom is 0.416 e. The molecule has 6 aliphatic rings. The Morgan fingerprint density at radius 3 is 1.21 bits per heavy atom. The molecule has 4 N–H and O–H groups in total. The first-order valence-corrected chi connectivity index (χ1v) is 37.0. The van der Waals surface area contributed by atoms with E-state index in [1.54, 1.807) is 71.4 Å². The molecule has 21 nitrogen and oxygen atoms in total. The van der Waals surface area contributed by atoms with Crippen LogP contribution in [0.2, 0.25) is 0 Å². The maximum atomic E-state index is 17.2. The molecule has 31 heteroatoms. The third-order valence-electron chi connectivity index (χ3n) is 20.5. The van der Waals surface area contributed by atoms with Gasteiger partial charge in [-0.05, 0) is 181 Å². The lowest BCUT2D eigenvalue weighted by Crippen LogP contribution is -2.53. The summed E-state index contributed by atoms with van der Waals surface area (Å²) in [5.41, 5.74) is -2.33. The second kappa shape index (κ2) is 31.1. The van der Waals surface area contributed by atoms with E-state index in [-0.39, 0.29) is 86.7 Å².